The molecule has 120 valence electrons. The van der Waals surface area contributed by atoms with Gasteiger partial charge in [-0.15, -0.1) is 0 Å². The minimum atomic E-state index is 0.164. The summed E-state index contributed by atoms with van der Waals surface area (Å²) in [6.45, 7) is 2.69. The van der Waals surface area contributed by atoms with E-state index in [1.54, 1.807) is 0 Å². The fourth-order valence-corrected chi connectivity index (χ4v) is 3.84. The summed E-state index contributed by atoms with van der Waals surface area (Å²) in [6, 6.07) is 10.3. The molecule has 3 nitrogen and oxygen atoms in total. The largest absolute Gasteiger partial charge is 0.506 e. The predicted molar refractivity (Wildman–Crippen MR) is 91.8 cm³/mol. The molecule has 4 heteroatoms. The van der Waals surface area contributed by atoms with Gasteiger partial charge in [-0.05, 0) is 53.9 Å². The van der Waals surface area contributed by atoms with Crippen molar-refractivity contribution in [2.45, 2.75) is 18.8 Å². The average Bonchev–Trinajstić information content (AvgIpc) is 2.95. The number of phenols is 1. The molecule has 0 saturated heterocycles. The molecule has 4 rings (SSSR count). The van der Waals surface area contributed by atoms with Crippen molar-refractivity contribution >= 4 is 11.6 Å². The van der Waals surface area contributed by atoms with Gasteiger partial charge in [-0.2, -0.15) is 0 Å². The smallest absolute Gasteiger partial charge is 0.134 e. The van der Waals surface area contributed by atoms with Gasteiger partial charge in [0.2, 0.25) is 0 Å². The summed E-state index contributed by atoms with van der Waals surface area (Å²) in [5, 5.41) is 10.5. The fourth-order valence-electron chi connectivity index (χ4n) is 3.66. The van der Waals surface area contributed by atoms with Gasteiger partial charge in [0.15, 0.2) is 0 Å². The molecular weight excluding hydrogens is 310 g/mol. The van der Waals surface area contributed by atoms with Gasteiger partial charge < -0.3 is 14.7 Å². The van der Waals surface area contributed by atoms with Gasteiger partial charge >= 0.3 is 0 Å². The Morgan fingerprint density at radius 1 is 1.17 bits per heavy atom. The Morgan fingerprint density at radius 2 is 2.04 bits per heavy atom. The van der Waals surface area contributed by atoms with Crippen molar-refractivity contribution in [3.8, 4) is 11.5 Å². The summed E-state index contributed by atoms with van der Waals surface area (Å²) in [7, 11) is 2.14. The monoisotopic (exact) mass is 329 g/mol. The number of halogens is 1. The number of fused-ring (bicyclic) bond motifs is 2. The van der Waals surface area contributed by atoms with Crippen molar-refractivity contribution in [2.24, 2.45) is 0 Å². The summed E-state index contributed by atoms with van der Waals surface area (Å²) in [4.78, 5) is 2.34. The highest BCUT2D eigenvalue weighted by Crippen LogP contribution is 2.38. The van der Waals surface area contributed by atoms with Gasteiger partial charge in [0.25, 0.3) is 0 Å². The molecule has 0 radical (unpaired) electrons. The summed E-state index contributed by atoms with van der Waals surface area (Å²) in [6.07, 6.45) is 1.94. The van der Waals surface area contributed by atoms with Crippen LogP contribution in [-0.2, 0) is 12.8 Å². The molecule has 0 fully saturated rings. The summed E-state index contributed by atoms with van der Waals surface area (Å²) < 4.78 is 5.73. The minimum absolute atomic E-state index is 0.164. The molecule has 2 aromatic rings. The molecule has 0 saturated carbocycles. The highest BCUT2D eigenvalue weighted by Gasteiger charge is 2.25. The van der Waals surface area contributed by atoms with Crippen LogP contribution in [0.1, 0.15) is 28.2 Å². The van der Waals surface area contributed by atoms with Gasteiger partial charge in [-0.3, -0.25) is 0 Å². The number of hydrogen-bond donors (Lipinski definition) is 1. The minimum Gasteiger partial charge on any atom is -0.506 e. The van der Waals surface area contributed by atoms with E-state index < -0.39 is 0 Å². The first-order valence-electron chi connectivity index (χ1n) is 8.07. The van der Waals surface area contributed by atoms with Crippen LogP contribution in [0.15, 0.2) is 30.3 Å². The second-order valence-corrected chi connectivity index (χ2v) is 6.94. The maximum atomic E-state index is 10.1. The van der Waals surface area contributed by atoms with Crippen LogP contribution in [0.2, 0.25) is 5.02 Å². The third-order valence-electron chi connectivity index (χ3n) is 4.96. The normalized spacial score (nSPS) is 20.5. The summed E-state index contributed by atoms with van der Waals surface area (Å²) in [5.74, 6) is 1.39. The van der Waals surface area contributed by atoms with Gasteiger partial charge in [0.1, 0.15) is 11.5 Å². The standard InChI is InChI=1S/C19H20ClNO2/c1-21-6-4-14-8-17(20)18(22)10-15(14)16(11-21)13-3-2-12-5-7-23-19(12)9-13/h2-3,8-10,16,22H,4-7,11H2,1H3. The molecule has 0 aromatic heterocycles. The number of phenolic OH excluding ortho intramolecular Hbond substituents is 1. The molecule has 1 unspecified atom stereocenters. The van der Waals surface area contributed by atoms with Crippen LogP contribution in [0, 0.1) is 0 Å². The van der Waals surface area contributed by atoms with Crippen LogP contribution in [0.25, 0.3) is 0 Å². The maximum Gasteiger partial charge on any atom is 0.134 e. The Morgan fingerprint density at radius 3 is 2.91 bits per heavy atom. The van der Waals surface area contributed by atoms with E-state index in [1.165, 1.54) is 22.3 Å². The number of likely N-dealkylation sites (N-methyl/N-ethyl adjacent to an activating group) is 1. The lowest BCUT2D eigenvalue weighted by molar-refractivity contribution is 0.336. The molecule has 23 heavy (non-hydrogen) atoms. The summed E-state index contributed by atoms with van der Waals surface area (Å²) in [5.41, 5.74) is 4.93. The Labute approximate surface area is 141 Å². The lowest BCUT2D eigenvalue weighted by atomic mass is 9.87. The molecule has 0 spiro atoms. The number of benzene rings is 2. The van der Waals surface area contributed by atoms with Gasteiger partial charge in [-0.25, -0.2) is 0 Å². The molecule has 2 aromatic carbocycles. The van der Waals surface area contributed by atoms with E-state index in [9.17, 15) is 5.11 Å². The quantitative estimate of drug-likeness (QED) is 0.867. The lowest BCUT2D eigenvalue weighted by Gasteiger charge is -2.22. The number of nitrogens with zero attached hydrogens (tertiary/aromatic N) is 1. The predicted octanol–water partition coefficient (Wildman–Crippen LogP) is 3.60. The van der Waals surface area contributed by atoms with Crippen LogP contribution in [0.3, 0.4) is 0 Å². The van der Waals surface area contributed by atoms with Crippen molar-refractivity contribution in [3.63, 3.8) is 0 Å². The first kappa shape index (κ1) is 14.9. The van der Waals surface area contributed by atoms with E-state index in [-0.39, 0.29) is 11.7 Å². The van der Waals surface area contributed by atoms with Crippen LogP contribution in [0.5, 0.6) is 11.5 Å². The molecule has 0 aliphatic carbocycles. The van der Waals surface area contributed by atoms with Gasteiger partial charge in [0, 0.05) is 25.4 Å². The molecule has 0 bridgehead atoms. The third kappa shape index (κ3) is 2.68. The van der Waals surface area contributed by atoms with Gasteiger partial charge in [-0.1, -0.05) is 23.7 Å². The molecule has 2 heterocycles. The van der Waals surface area contributed by atoms with E-state index in [1.807, 2.05) is 12.1 Å². The third-order valence-corrected chi connectivity index (χ3v) is 5.27. The van der Waals surface area contributed by atoms with Gasteiger partial charge in [0.05, 0.1) is 11.6 Å². The van der Waals surface area contributed by atoms with Crippen molar-refractivity contribution in [1.82, 2.24) is 4.90 Å². The van der Waals surface area contributed by atoms with E-state index in [4.69, 9.17) is 16.3 Å². The Kier molecular flexibility index (Phi) is 3.70. The number of hydrogen-bond acceptors (Lipinski definition) is 3. The number of ether oxygens (including phenoxy) is 1. The molecule has 2 aliphatic rings. The molecule has 1 N–H and O–H groups in total. The van der Waals surface area contributed by atoms with E-state index >= 15 is 0 Å². The molecular formula is C19H20ClNO2. The van der Waals surface area contributed by atoms with E-state index in [2.05, 4.69) is 30.1 Å². The Balaban J connectivity index is 1.82. The zero-order valence-corrected chi connectivity index (χ0v) is 13.9. The topological polar surface area (TPSA) is 32.7 Å². The van der Waals surface area contributed by atoms with Crippen molar-refractivity contribution < 1.29 is 9.84 Å². The van der Waals surface area contributed by atoms with Crippen LogP contribution in [-0.4, -0.2) is 36.8 Å². The SMILES string of the molecule is CN1CCc2cc(Cl)c(O)cc2C(c2ccc3c(c2)OCC3)C1. The van der Waals surface area contributed by atoms with Crippen LogP contribution < -0.4 is 4.74 Å². The second-order valence-electron chi connectivity index (χ2n) is 6.53. The zero-order chi connectivity index (χ0) is 16.0. The highest BCUT2D eigenvalue weighted by molar-refractivity contribution is 6.32. The first-order chi connectivity index (χ1) is 11.1. The molecule has 0 amide bonds. The van der Waals surface area contributed by atoms with Crippen molar-refractivity contribution in [3.05, 3.63) is 57.6 Å². The van der Waals surface area contributed by atoms with Crippen LogP contribution >= 0.6 is 11.6 Å². The number of rotatable bonds is 1. The lowest BCUT2D eigenvalue weighted by Crippen LogP contribution is -2.24. The maximum absolute atomic E-state index is 10.1. The first-order valence-corrected chi connectivity index (χ1v) is 8.45. The fraction of sp³-hybridized carbons (Fsp3) is 0.368. The molecule has 2 aliphatic heterocycles. The second kappa shape index (κ2) is 5.73. The van der Waals surface area contributed by atoms with E-state index in [0.717, 1.165) is 38.3 Å². The zero-order valence-electron chi connectivity index (χ0n) is 13.2. The highest BCUT2D eigenvalue weighted by atomic mass is 35.5. The Bertz CT molecular complexity index is 759. The van der Waals surface area contributed by atoms with Crippen LogP contribution in [0.4, 0.5) is 0 Å². The average molecular weight is 330 g/mol. The Hall–Kier alpha value is -1.71. The summed E-state index contributed by atoms with van der Waals surface area (Å²) >= 11 is 6.12. The number of aromatic hydroxyl groups is 1. The molecule has 1 atom stereocenters. The van der Waals surface area contributed by atoms with Crippen molar-refractivity contribution in [1.29, 1.82) is 0 Å². The van der Waals surface area contributed by atoms with Crippen molar-refractivity contribution in [2.75, 3.05) is 26.7 Å². The van der Waals surface area contributed by atoms with E-state index in [0.29, 0.717) is 5.02 Å².